The summed E-state index contributed by atoms with van der Waals surface area (Å²) in [6.07, 6.45) is 54.0. The maximum atomic E-state index is 12.4. The van der Waals surface area contributed by atoms with Crippen LogP contribution < -0.4 is 0 Å². The average molecular weight is 807 g/mol. The molecule has 0 radical (unpaired) electrons. The Morgan fingerprint density at radius 3 is 1.36 bits per heavy atom. The molecule has 0 aliphatic heterocycles. The highest BCUT2D eigenvalue weighted by Gasteiger charge is 2.22. The monoisotopic (exact) mass is 807 g/mol. The Hall–Kier alpha value is -2.25. The fourth-order valence-electron chi connectivity index (χ4n) is 6.19. The summed E-state index contributed by atoms with van der Waals surface area (Å²) in [4.78, 5) is 42.9. The van der Waals surface area contributed by atoms with E-state index in [-0.39, 0.29) is 19.4 Å². The van der Waals surface area contributed by atoms with Crippen LogP contribution in [0.15, 0.2) is 60.8 Å². The van der Waals surface area contributed by atoms with E-state index in [4.69, 9.17) is 19.3 Å². The number of phosphoric acid groups is 1. The first-order valence-corrected chi connectivity index (χ1v) is 24.1. The minimum absolute atomic E-state index is 0.153. The first kappa shape index (κ1) is 53.8. The maximum Gasteiger partial charge on any atom is 0.469 e. The number of ether oxygens (including phenoxy) is 2. The molecule has 0 aromatic heterocycles. The van der Waals surface area contributed by atoms with Crippen LogP contribution in [0.25, 0.3) is 0 Å². The topological polar surface area (TPSA) is 119 Å². The predicted molar refractivity (Wildman–Crippen MR) is 234 cm³/mol. The Morgan fingerprint density at radius 2 is 0.875 bits per heavy atom. The van der Waals surface area contributed by atoms with E-state index in [1.54, 1.807) is 0 Å². The van der Waals surface area contributed by atoms with Gasteiger partial charge in [0.1, 0.15) is 6.61 Å². The highest BCUT2D eigenvalue weighted by molar-refractivity contribution is 7.46. The SMILES string of the molecule is CC/C=C/C/C=C/C/C=C/C/C=C/CCCCC(=O)O[C@H](COC(=O)CCC/C=C/CCCCCCCCCCCCCCCCCCCC)COP(=O)(O)O. The van der Waals surface area contributed by atoms with E-state index in [0.717, 1.165) is 51.4 Å². The maximum absolute atomic E-state index is 12.4. The highest BCUT2D eigenvalue weighted by Crippen LogP contribution is 2.36. The third kappa shape index (κ3) is 44.5. The number of phosphoric ester groups is 1. The zero-order valence-electron chi connectivity index (χ0n) is 35.8. The van der Waals surface area contributed by atoms with Gasteiger partial charge in [0, 0.05) is 12.8 Å². The molecule has 9 heteroatoms. The van der Waals surface area contributed by atoms with Crippen LogP contribution >= 0.6 is 7.82 Å². The van der Waals surface area contributed by atoms with Crippen LogP contribution in [0.4, 0.5) is 0 Å². The number of hydrogen-bond acceptors (Lipinski definition) is 6. The number of carbonyl (C=O) groups excluding carboxylic acids is 2. The fourth-order valence-corrected chi connectivity index (χ4v) is 6.55. The number of rotatable bonds is 41. The lowest BCUT2D eigenvalue weighted by Crippen LogP contribution is -2.29. The van der Waals surface area contributed by atoms with Crippen molar-refractivity contribution >= 4 is 19.8 Å². The van der Waals surface area contributed by atoms with Crippen molar-refractivity contribution in [1.29, 1.82) is 0 Å². The van der Waals surface area contributed by atoms with Crippen molar-refractivity contribution < 1.29 is 37.9 Å². The van der Waals surface area contributed by atoms with Crippen molar-refractivity contribution in [3.8, 4) is 0 Å². The third-order valence-electron chi connectivity index (χ3n) is 9.52. The summed E-state index contributed by atoms with van der Waals surface area (Å²) in [5.41, 5.74) is 0. The summed E-state index contributed by atoms with van der Waals surface area (Å²) in [7, 11) is -4.77. The van der Waals surface area contributed by atoms with Gasteiger partial charge in [-0.15, -0.1) is 0 Å². The Bertz CT molecular complexity index is 1090. The first-order chi connectivity index (χ1) is 27.3. The molecule has 0 aromatic carbocycles. The number of esters is 2. The Kier molecular flexibility index (Phi) is 40.7. The van der Waals surface area contributed by atoms with Crippen molar-refractivity contribution in [3.05, 3.63) is 60.8 Å². The first-order valence-electron chi connectivity index (χ1n) is 22.6. The molecule has 0 bridgehead atoms. The highest BCUT2D eigenvalue weighted by atomic mass is 31.2. The lowest BCUT2D eigenvalue weighted by Gasteiger charge is -2.18. The molecule has 2 N–H and O–H groups in total. The van der Waals surface area contributed by atoms with Gasteiger partial charge in [-0.05, 0) is 70.6 Å². The lowest BCUT2D eigenvalue weighted by molar-refractivity contribution is -0.161. The normalized spacial score (nSPS) is 13.0. The van der Waals surface area contributed by atoms with Crippen LogP contribution in [0.1, 0.15) is 206 Å². The zero-order chi connectivity index (χ0) is 41.1. The summed E-state index contributed by atoms with van der Waals surface area (Å²) < 4.78 is 26.3. The van der Waals surface area contributed by atoms with Gasteiger partial charge in [-0.25, -0.2) is 4.57 Å². The van der Waals surface area contributed by atoms with Crippen LogP contribution in [0.2, 0.25) is 0 Å². The Morgan fingerprint density at radius 1 is 0.482 bits per heavy atom. The lowest BCUT2D eigenvalue weighted by atomic mass is 10.0. The molecule has 0 unspecified atom stereocenters. The zero-order valence-corrected chi connectivity index (χ0v) is 36.7. The van der Waals surface area contributed by atoms with E-state index >= 15 is 0 Å². The summed E-state index contributed by atoms with van der Waals surface area (Å²) in [5.74, 6) is -0.970. The average Bonchev–Trinajstić information content (AvgIpc) is 3.17. The van der Waals surface area contributed by atoms with Crippen LogP contribution in [-0.2, 0) is 28.2 Å². The van der Waals surface area contributed by atoms with Crippen molar-refractivity contribution in [2.24, 2.45) is 0 Å². The number of unbranched alkanes of at least 4 members (excludes halogenated alkanes) is 21. The molecule has 0 heterocycles. The van der Waals surface area contributed by atoms with Gasteiger partial charge < -0.3 is 19.3 Å². The van der Waals surface area contributed by atoms with E-state index in [1.807, 2.05) is 0 Å². The van der Waals surface area contributed by atoms with E-state index < -0.39 is 32.5 Å². The number of allylic oxidation sites excluding steroid dienone is 10. The van der Waals surface area contributed by atoms with E-state index in [2.05, 4.69) is 79.1 Å². The van der Waals surface area contributed by atoms with Gasteiger partial charge in [0.2, 0.25) is 0 Å². The van der Waals surface area contributed by atoms with E-state index in [1.165, 1.54) is 116 Å². The minimum atomic E-state index is -4.77. The summed E-state index contributed by atoms with van der Waals surface area (Å²) >= 11 is 0. The molecular weight excluding hydrogens is 723 g/mol. The van der Waals surface area contributed by atoms with Crippen molar-refractivity contribution in [3.63, 3.8) is 0 Å². The Labute approximate surface area is 343 Å². The Balaban J connectivity index is 3.91. The predicted octanol–water partition coefficient (Wildman–Crippen LogP) is 14.1. The molecule has 0 fully saturated rings. The number of carbonyl (C=O) groups is 2. The largest absolute Gasteiger partial charge is 0.469 e. The summed E-state index contributed by atoms with van der Waals surface area (Å²) in [6, 6.07) is 0. The molecular formula is C47H83O8P. The quantitative estimate of drug-likeness (QED) is 0.0271. The second-order valence-electron chi connectivity index (χ2n) is 15.0. The molecule has 0 aliphatic rings. The van der Waals surface area contributed by atoms with Crippen molar-refractivity contribution in [2.45, 2.75) is 213 Å². The molecule has 0 saturated heterocycles. The molecule has 0 rings (SSSR count). The molecule has 0 amide bonds. The smallest absolute Gasteiger partial charge is 0.462 e. The molecule has 0 spiro atoms. The van der Waals surface area contributed by atoms with Gasteiger partial charge >= 0.3 is 19.8 Å². The van der Waals surface area contributed by atoms with Gasteiger partial charge in [-0.1, -0.05) is 184 Å². The van der Waals surface area contributed by atoms with Gasteiger partial charge in [0.15, 0.2) is 6.10 Å². The van der Waals surface area contributed by atoms with Crippen molar-refractivity contribution in [1.82, 2.24) is 0 Å². The number of hydrogen-bond donors (Lipinski definition) is 2. The van der Waals surface area contributed by atoms with Crippen LogP contribution in [-0.4, -0.2) is 41.0 Å². The van der Waals surface area contributed by atoms with Crippen LogP contribution in [0.3, 0.4) is 0 Å². The van der Waals surface area contributed by atoms with E-state index in [9.17, 15) is 14.2 Å². The van der Waals surface area contributed by atoms with Gasteiger partial charge in [0.05, 0.1) is 6.61 Å². The molecule has 0 aromatic rings. The van der Waals surface area contributed by atoms with Crippen LogP contribution in [0, 0.1) is 0 Å². The molecule has 8 nitrogen and oxygen atoms in total. The van der Waals surface area contributed by atoms with Gasteiger partial charge in [-0.2, -0.15) is 0 Å². The van der Waals surface area contributed by atoms with Crippen molar-refractivity contribution in [2.75, 3.05) is 13.2 Å². The molecule has 0 aliphatic carbocycles. The summed E-state index contributed by atoms with van der Waals surface area (Å²) in [5, 5.41) is 0. The van der Waals surface area contributed by atoms with Gasteiger partial charge in [-0.3, -0.25) is 14.1 Å². The van der Waals surface area contributed by atoms with Gasteiger partial charge in [0.25, 0.3) is 0 Å². The molecule has 1 atom stereocenters. The summed E-state index contributed by atoms with van der Waals surface area (Å²) in [6.45, 7) is 3.53. The third-order valence-corrected chi connectivity index (χ3v) is 10.0. The fraction of sp³-hybridized carbons (Fsp3) is 0.745. The second kappa shape index (κ2) is 42.4. The standard InChI is InChI=1S/C47H83O8P/c1-3-5-7-9-11-13-15-17-19-20-21-22-23-24-25-26-28-29-31-33-35-37-39-41-46(48)53-43-45(44-54-56(50,51)52)55-47(49)42-40-38-36-34-32-30-27-18-16-14-12-10-8-6-4-2/h6,8,12,14,18,27,32-35,45H,3-5,7,9-11,13,15-17,19-26,28-31,36-44H2,1-2H3,(H2,50,51,52)/b8-6+,14-12+,27-18+,34-32+,35-33+/t45-/m1/s1. The van der Waals surface area contributed by atoms with E-state index in [0.29, 0.717) is 12.8 Å². The molecule has 324 valence electrons. The molecule has 56 heavy (non-hydrogen) atoms. The second-order valence-corrected chi connectivity index (χ2v) is 16.2. The van der Waals surface area contributed by atoms with Crippen LogP contribution in [0.5, 0.6) is 0 Å². The minimum Gasteiger partial charge on any atom is -0.462 e. The molecule has 0 saturated carbocycles.